The summed E-state index contributed by atoms with van der Waals surface area (Å²) in [5.41, 5.74) is 7.92. The SMILES string of the molecule is N#C/C(=C/c1cn(Cc2ccccc2Cl)c2ccccc12)C(N)=O. The molecule has 5 heteroatoms. The van der Waals surface area contributed by atoms with Crippen LogP contribution in [0.3, 0.4) is 0 Å². The first-order valence-electron chi connectivity index (χ1n) is 7.33. The zero-order valence-corrected chi connectivity index (χ0v) is 13.5. The minimum atomic E-state index is -0.736. The van der Waals surface area contributed by atoms with E-state index in [4.69, 9.17) is 22.6 Å². The van der Waals surface area contributed by atoms with Crippen molar-refractivity contribution < 1.29 is 4.79 Å². The highest BCUT2D eigenvalue weighted by atomic mass is 35.5. The summed E-state index contributed by atoms with van der Waals surface area (Å²) in [6.07, 6.45) is 3.42. The van der Waals surface area contributed by atoms with Gasteiger partial charge in [0.2, 0.25) is 0 Å². The topological polar surface area (TPSA) is 71.8 Å². The molecule has 3 rings (SSSR count). The van der Waals surface area contributed by atoms with Gasteiger partial charge >= 0.3 is 0 Å². The van der Waals surface area contributed by atoms with E-state index in [0.717, 1.165) is 22.0 Å². The van der Waals surface area contributed by atoms with E-state index in [-0.39, 0.29) is 5.57 Å². The zero-order chi connectivity index (χ0) is 17.1. The third-order valence-corrected chi connectivity index (χ3v) is 4.17. The number of benzene rings is 2. The first kappa shape index (κ1) is 15.9. The van der Waals surface area contributed by atoms with Crippen molar-refractivity contribution in [3.63, 3.8) is 0 Å². The molecule has 2 N–H and O–H groups in total. The van der Waals surface area contributed by atoms with Crippen molar-refractivity contribution in [2.75, 3.05) is 0 Å². The number of hydrogen-bond acceptors (Lipinski definition) is 2. The van der Waals surface area contributed by atoms with Gasteiger partial charge in [0, 0.05) is 34.2 Å². The van der Waals surface area contributed by atoms with Gasteiger partial charge in [0.05, 0.1) is 0 Å². The average Bonchev–Trinajstić information content (AvgIpc) is 2.92. The first-order valence-corrected chi connectivity index (χ1v) is 7.71. The largest absolute Gasteiger partial charge is 0.365 e. The molecule has 0 saturated heterocycles. The molecule has 0 aliphatic carbocycles. The lowest BCUT2D eigenvalue weighted by Crippen LogP contribution is -2.12. The van der Waals surface area contributed by atoms with E-state index in [1.54, 1.807) is 0 Å². The summed E-state index contributed by atoms with van der Waals surface area (Å²) in [6, 6.07) is 17.3. The molecule has 3 aromatic rings. The lowest BCUT2D eigenvalue weighted by atomic mass is 10.1. The molecule has 0 atom stereocenters. The van der Waals surface area contributed by atoms with Gasteiger partial charge in [-0.3, -0.25) is 4.79 Å². The maximum atomic E-state index is 11.3. The number of carbonyl (C=O) groups excluding carboxylic acids is 1. The van der Waals surface area contributed by atoms with E-state index >= 15 is 0 Å². The molecule has 4 nitrogen and oxygen atoms in total. The molecule has 0 aliphatic rings. The Morgan fingerprint density at radius 3 is 2.62 bits per heavy atom. The molecule has 118 valence electrons. The minimum Gasteiger partial charge on any atom is -0.365 e. The third-order valence-electron chi connectivity index (χ3n) is 3.80. The van der Waals surface area contributed by atoms with Gasteiger partial charge in [0.25, 0.3) is 5.91 Å². The maximum absolute atomic E-state index is 11.3. The Balaban J connectivity index is 2.12. The summed E-state index contributed by atoms with van der Waals surface area (Å²) in [7, 11) is 0. The first-order chi connectivity index (χ1) is 11.6. The van der Waals surface area contributed by atoms with Gasteiger partial charge in [-0.05, 0) is 23.8 Å². The summed E-state index contributed by atoms with van der Waals surface area (Å²) in [6.45, 7) is 0.590. The second-order valence-corrected chi connectivity index (χ2v) is 5.76. The van der Waals surface area contributed by atoms with E-state index in [9.17, 15) is 4.79 Å². The summed E-state index contributed by atoms with van der Waals surface area (Å²) < 4.78 is 2.04. The second kappa shape index (κ2) is 6.61. The Bertz CT molecular complexity index is 995. The maximum Gasteiger partial charge on any atom is 0.259 e. The molecule has 1 amide bonds. The molecule has 0 radical (unpaired) electrons. The van der Waals surface area contributed by atoms with Crippen molar-refractivity contribution in [3.05, 3.63) is 76.5 Å². The van der Waals surface area contributed by atoms with Gasteiger partial charge in [-0.2, -0.15) is 5.26 Å². The number of nitriles is 1. The quantitative estimate of drug-likeness (QED) is 0.582. The standard InChI is InChI=1S/C19H14ClN3O/c20-17-7-3-1-5-13(17)11-23-12-15(9-14(10-21)19(22)24)16-6-2-4-8-18(16)23/h1-9,12H,11H2,(H2,22,24)/b14-9-. The lowest BCUT2D eigenvalue weighted by Gasteiger charge is -2.07. The van der Waals surface area contributed by atoms with Crippen LogP contribution >= 0.6 is 11.6 Å². The van der Waals surface area contributed by atoms with Crippen molar-refractivity contribution in [2.24, 2.45) is 5.73 Å². The number of rotatable bonds is 4. The fraction of sp³-hybridized carbons (Fsp3) is 0.0526. The molecule has 0 saturated carbocycles. The Morgan fingerprint density at radius 1 is 1.21 bits per heavy atom. The van der Waals surface area contributed by atoms with Crippen LogP contribution in [0.2, 0.25) is 5.02 Å². The molecule has 24 heavy (non-hydrogen) atoms. The molecule has 0 unspecified atom stereocenters. The van der Waals surface area contributed by atoms with Crippen molar-refractivity contribution in [2.45, 2.75) is 6.54 Å². The summed E-state index contributed by atoms with van der Waals surface area (Å²) in [5, 5.41) is 10.7. The molecular weight excluding hydrogens is 322 g/mol. The Morgan fingerprint density at radius 2 is 1.92 bits per heavy atom. The predicted molar refractivity (Wildman–Crippen MR) is 95.3 cm³/mol. The van der Waals surface area contributed by atoms with Crippen LogP contribution in [0.15, 0.2) is 60.3 Å². The van der Waals surface area contributed by atoms with Crippen molar-refractivity contribution in [3.8, 4) is 6.07 Å². The highest BCUT2D eigenvalue weighted by Crippen LogP contribution is 2.26. The van der Waals surface area contributed by atoms with Crippen LogP contribution in [0.25, 0.3) is 17.0 Å². The number of amides is 1. The number of fused-ring (bicyclic) bond motifs is 1. The smallest absolute Gasteiger partial charge is 0.259 e. The van der Waals surface area contributed by atoms with E-state index < -0.39 is 5.91 Å². The van der Waals surface area contributed by atoms with Crippen molar-refractivity contribution in [1.82, 2.24) is 4.57 Å². The van der Waals surface area contributed by atoms with Crippen molar-refractivity contribution >= 4 is 34.5 Å². The van der Waals surface area contributed by atoms with Crippen LogP contribution in [0, 0.1) is 11.3 Å². The van der Waals surface area contributed by atoms with E-state index in [2.05, 4.69) is 0 Å². The fourth-order valence-electron chi connectivity index (χ4n) is 2.65. The van der Waals surface area contributed by atoms with E-state index in [0.29, 0.717) is 11.6 Å². The number of hydrogen-bond donors (Lipinski definition) is 1. The zero-order valence-electron chi connectivity index (χ0n) is 12.7. The molecule has 0 fully saturated rings. The summed E-state index contributed by atoms with van der Waals surface area (Å²) in [4.78, 5) is 11.3. The number of carbonyl (C=O) groups is 1. The Hall–Kier alpha value is -3.03. The number of nitrogens with two attached hydrogens (primary N) is 1. The highest BCUT2D eigenvalue weighted by molar-refractivity contribution is 6.31. The van der Waals surface area contributed by atoms with Crippen LogP contribution in [-0.2, 0) is 11.3 Å². The minimum absolute atomic E-state index is 0.0735. The average molecular weight is 336 g/mol. The normalized spacial score (nSPS) is 11.4. The van der Waals surface area contributed by atoms with Gasteiger partial charge in [-0.1, -0.05) is 48.0 Å². The van der Waals surface area contributed by atoms with Crippen LogP contribution in [0.1, 0.15) is 11.1 Å². The highest BCUT2D eigenvalue weighted by Gasteiger charge is 2.11. The summed E-state index contributed by atoms with van der Waals surface area (Å²) >= 11 is 6.25. The molecule has 1 heterocycles. The summed E-state index contributed by atoms with van der Waals surface area (Å²) in [5.74, 6) is -0.736. The molecule has 1 aromatic heterocycles. The molecule has 2 aromatic carbocycles. The Labute approximate surface area is 144 Å². The molecule has 0 spiro atoms. The predicted octanol–water partition coefficient (Wildman–Crippen LogP) is 3.74. The van der Waals surface area contributed by atoms with Crippen LogP contribution < -0.4 is 5.73 Å². The number of halogens is 1. The van der Waals surface area contributed by atoms with Gasteiger partial charge in [0.15, 0.2) is 0 Å². The van der Waals surface area contributed by atoms with Crippen LogP contribution in [-0.4, -0.2) is 10.5 Å². The van der Waals surface area contributed by atoms with Gasteiger partial charge in [0.1, 0.15) is 11.6 Å². The van der Waals surface area contributed by atoms with Gasteiger partial charge in [-0.25, -0.2) is 0 Å². The number of aromatic nitrogens is 1. The molecular formula is C19H14ClN3O. The van der Waals surface area contributed by atoms with E-state index in [1.807, 2.05) is 65.4 Å². The fourth-order valence-corrected chi connectivity index (χ4v) is 2.84. The molecule has 0 aliphatic heterocycles. The molecule has 0 bridgehead atoms. The second-order valence-electron chi connectivity index (χ2n) is 5.35. The Kier molecular flexibility index (Phi) is 4.37. The van der Waals surface area contributed by atoms with Crippen LogP contribution in [0.4, 0.5) is 0 Å². The van der Waals surface area contributed by atoms with Gasteiger partial charge in [-0.15, -0.1) is 0 Å². The number of para-hydroxylation sites is 1. The monoisotopic (exact) mass is 335 g/mol. The van der Waals surface area contributed by atoms with Crippen LogP contribution in [0.5, 0.6) is 0 Å². The number of nitrogens with zero attached hydrogens (tertiary/aromatic N) is 2. The lowest BCUT2D eigenvalue weighted by molar-refractivity contribution is -0.114. The number of primary amides is 1. The van der Waals surface area contributed by atoms with E-state index in [1.165, 1.54) is 6.08 Å². The third kappa shape index (κ3) is 3.03. The van der Waals surface area contributed by atoms with Crippen molar-refractivity contribution in [1.29, 1.82) is 5.26 Å². The van der Waals surface area contributed by atoms with Gasteiger partial charge < -0.3 is 10.3 Å².